The third kappa shape index (κ3) is 3.98. The number of hydrogen-bond donors (Lipinski definition) is 1. The zero-order valence-corrected chi connectivity index (χ0v) is 15.4. The van der Waals surface area contributed by atoms with Gasteiger partial charge in [-0.15, -0.1) is 5.10 Å². The Kier molecular flexibility index (Phi) is 5.03. The Morgan fingerprint density at radius 3 is 2.80 bits per heavy atom. The van der Waals surface area contributed by atoms with Crippen LogP contribution >= 0.6 is 11.8 Å². The van der Waals surface area contributed by atoms with Crippen LogP contribution in [0, 0.1) is 20.8 Å². The summed E-state index contributed by atoms with van der Waals surface area (Å²) in [4.78, 5) is 21.4. The van der Waals surface area contributed by atoms with Crippen LogP contribution in [0.15, 0.2) is 21.8 Å². The molecule has 25 heavy (non-hydrogen) atoms. The number of hydrogen-bond acceptors (Lipinski definition) is 7. The van der Waals surface area contributed by atoms with Gasteiger partial charge in [0.2, 0.25) is 11.1 Å². The van der Waals surface area contributed by atoms with Crippen molar-refractivity contribution in [3.8, 4) is 0 Å². The van der Waals surface area contributed by atoms with Crippen molar-refractivity contribution < 1.29 is 9.32 Å². The summed E-state index contributed by atoms with van der Waals surface area (Å²) in [5, 5.41) is 11.3. The molecule has 0 fully saturated rings. The first-order valence-corrected chi connectivity index (χ1v) is 8.96. The van der Waals surface area contributed by atoms with E-state index < -0.39 is 0 Å². The molecule has 132 valence electrons. The number of aromatic nitrogens is 5. The van der Waals surface area contributed by atoms with Crippen molar-refractivity contribution in [3.05, 3.63) is 29.3 Å². The van der Waals surface area contributed by atoms with Crippen LogP contribution < -0.4 is 5.32 Å². The van der Waals surface area contributed by atoms with Crippen molar-refractivity contribution in [2.75, 3.05) is 5.32 Å². The van der Waals surface area contributed by atoms with Crippen molar-refractivity contribution in [3.63, 3.8) is 0 Å². The van der Waals surface area contributed by atoms with Gasteiger partial charge < -0.3 is 9.84 Å². The van der Waals surface area contributed by atoms with E-state index in [1.54, 1.807) is 17.5 Å². The Bertz CT molecular complexity index is 903. The minimum atomic E-state index is -0.319. The molecular formula is C16H20N6O2S. The van der Waals surface area contributed by atoms with E-state index >= 15 is 0 Å². The molecule has 0 bridgehead atoms. The molecule has 1 amide bonds. The number of nitrogens with one attached hydrogen (secondary N) is 1. The minimum absolute atomic E-state index is 0.139. The average Bonchev–Trinajstić information content (AvgIpc) is 3.13. The molecule has 0 aliphatic rings. The molecule has 0 radical (unpaired) electrons. The Morgan fingerprint density at radius 2 is 2.12 bits per heavy atom. The van der Waals surface area contributed by atoms with Crippen LogP contribution in [0.3, 0.4) is 0 Å². The molecule has 0 spiro atoms. The summed E-state index contributed by atoms with van der Waals surface area (Å²) < 4.78 is 6.67. The number of fused-ring (bicyclic) bond motifs is 1. The minimum Gasteiger partial charge on any atom is -0.360 e. The third-order valence-corrected chi connectivity index (χ3v) is 4.69. The van der Waals surface area contributed by atoms with E-state index in [0.29, 0.717) is 28.9 Å². The predicted molar refractivity (Wildman–Crippen MR) is 94.7 cm³/mol. The lowest BCUT2D eigenvalue weighted by Crippen LogP contribution is -2.25. The van der Waals surface area contributed by atoms with Gasteiger partial charge in [0, 0.05) is 17.5 Å². The quantitative estimate of drug-likeness (QED) is 0.675. The Morgan fingerprint density at radius 1 is 1.32 bits per heavy atom. The highest BCUT2D eigenvalue weighted by atomic mass is 32.2. The smallest absolute Gasteiger partial charge is 0.253 e. The van der Waals surface area contributed by atoms with Crippen molar-refractivity contribution in [2.24, 2.45) is 0 Å². The fourth-order valence-corrected chi connectivity index (χ4v) is 3.50. The maximum absolute atomic E-state index is 12.6. The first-order chi connectivity index (χ1) is 12.0. The van der Waals surface area contributed by atoms with Gasteiger partial charge in [0.25, 0.3) is 5.78 Å². The molecule has 0 unspecified atom stereocenters. The van der Waals surface area contributed by atoms with Crippen LogP contribution in [0.4, 0.5) is 5.82 Å². The molecule has 1 N–H and O–H groups in total. The highest BCUT2D eigenvalue weighted by Gasteiger charge is 2.23. The van der Waals surface area contributed by atoms with E-state index in [-0.39, 0.29) is 11.2 Å². The van der Waals surface area contributed by atoms with Gasteiger partial charge in [-0.05, 0) is 33.3 Å². The number of aryl methyl sites for hydroxylation is 3. The lowest BCUT2D eigenvalue weighted by Gasteiger charge is -2.12. The Balaban J connectivity index is 1.79. The van der Waals surface area contributed by atoms with Crippen molar-refractivity contribution in [1.29, 1.82) is 0 Å². The topological polar surface area (TPSA) is 98.2 Å². The summed E-state index contributed by atoms with van der Waals surface area (Å²) in [6, 6.07) is 3.63. The van der Waals surface area contributed by atoms with Crippen molar-refractivity contribution in [2.45, 2.75) is 50.9 Å². The van der Waals surface area contributed by atoms with Crippen LogP contribution in [0.2, 0.25) is 0 Å². The SMILES string of the molecule is CCC[C@H](Sc1nc2nc(C)cc(C)n2n1)C(=O)Nc1cc(C)on1. The second-order valence-corrected chi connectivity index (χ2v) is 7.02. The predicted octanol–water partition coefficient (Wildman–Crippen LogP) is 2.94. The van der Waals surface area contributed by atoms with E-state index in [9.17, 15) is 4.79 Å². The number of thioether (sulfide) groups is 1. The molecule has 0 aliphatic heterocycles. The van der Waals surface area contributed by atoms with E-state index in [1.807, 2.05) is 26.8 Å². The summed E-state index contributed by atoms with van der Waals surface area (Å²) in [5.41, 5.74) is 1.84. The van der Waals surface area contributed by atoms with Crippen molar-refractivity contribution in [1.82, 2.24) is 24.7 Å². The van der Waals surface area contributed by atoms with Crippen LogP contribution in [0.1, 0.15) is 36.9 Å². The Labute approximate surface area is 149 Å². The molecule has 3 aromatic rings. The van der Waals surface area contributed by atoms with Gasteiger partial charge in [0.15, 0.2) is 5.82 Å². The van der Waals surface area contributed by atoms with Crippen LogP contribution in [0.5, 0.6) is 0 Å². The Hall–Kier alpha value is -2.42. The van der Waals surface area contributed by atoms with E-state index in [1.165, 1.54) is 11.8 Å². The number of carbonyl (C=O) groups is 1. The summed E-state index contributed by atoms with van der Waals surface area (Å²) in [5.74, 6) is 1.47. The first-order valence-electron chi connectivity index (χ1n) is 8.08. The summed E-state index contributed by atoms with van der Waals surface area (Å²) in [6.07, 6.45) is 1.57. The average molecular weight is 360 g/mol. The monoisotopic (exact) mass is 360 g/mol. The third-order valence-electron chi connectivity index (χ3n) is 3.57. The van der Waals surface area contributed by atoms with E-state index in [0.717, 1.165) is 17.8 Å². The fourth-order valence-electron chi connectivity index (χ4n) is 2.46. The molecule has 3 rings (SSSR count). The summed E-state index contributed by atoms with van der Waals surface area (Å²) in [6.45, 7) is 7.68. The molecule has 3 aromatic heterocycles. The summed E-state index contributed by atoms with van der Waals surface area (Å²) >= 11 is 1.33. The lowest BCUT2D eigenvalue weighted by molar-refractivity contribution is -0.115. The standard InChI is InChI=1S/C16H20N6O2S/c1-5-6-12(14(23)18-13-8-11(4)24-21-13)25-16-19-15-17-9(2)7-10(3)22(15)20-16/h7-8,12H,5-6H2,1-4H3,(H,18,21,23)/t12-/m0/s1. The van der Waals surface area contributed by atoms with Gasteiger partial charge in [-0.2, -0.15) is 4.98 Å². The number of nitrogens with zero attached hydrogens (tertiary/aromatic N) is 5. The van der Waals surface area contributed by atoms with Crippen LogP contribution in [0.25, 0.3) is 5.78 Å². The molecule has 8 nitrogen and oxygen atoms in total. The van der Waals surface area contributed by atoms with Gasteiger partial charge >= 0.3 is 0 Å². The van der Waals surface area contributed by atoms with E-state index in [2.05, 4.69) is 25.5 Å². The summed E-state index contributed by atoms with van der Waals surface area (Å²) in [7, 11) is 0. The second kappa shape index (κ2) is 7.22. The zero-order chi connectivity index (χ0) is 18.0. The molecule has 0 aliphatic carbocycles. The molecule has 9 heteroatoms. The molecule has 0 saturated carbocycles. The largest absolute Gasteiger partial charge is 0.360 e. The number of carbonyl (C=O) groups excluding carboxylic acids is 1. The number of anilines is 1. The fraction of sp³-hybridized carbons (Fsp3) is 0.438. The molecule has 0 aromatic carbocycles. The maximum atomic E-state index is 12.6. The van der Waals surface area contributed by atoms with Crippen LogP contribution in [-0.2, 0) is 4.79 Å². The van der Waals surface area contributed by atoms with E-state index in [4.69, 9.17) is 4.52 Å². The number of rotatable bonds is 6. The molecule has 3 heterocycles. The number of amides is 1. The molecular weight excluding hydrogens is 340 g/mol. The van der Waals surface area contributed by atoms with Gasteiger partial charge in [-0.1, -0.05) is 30.3 Å². The van der Waals surface area contributed by atoms with Gasteiger partial charge in [-0.3, -0.25) is 4.79 Å². The van der Waals surface area contributed by atoms with Crippen LogP contribution in [-0.4, -0.2) is 35.9 Å². The first kappa shape index (κ1) is 17.4. The zero-order valence-electron chi connectivity index (χ0n) is 14.6. The maximum Gasteiger partial charge on any atom is 0.253 e. The molecule has 0 saturated heterocycles. The van der Waals surface area contributed by atoms with Gasteiger partial charge in [-0.25, -0.2) is 9.50 Å². The normalized spacial score (nSPS) is 12.5. The molecule has 1 atom stereocenters. The lowest BCUT2D eigenvalue weighted by atomic mass is 10.2. The van der Waals surface area contributed by atoms with Gasteiger partial charge in [0.1, 0.15) is 5.76 Å². The highest BCUT2D eigenvalue weighted by Crippen LogP contribution is 2.25. The second-order valence-electron chi connectivity index (χ2n) is 5.85. The van der Waals surface area contributed by atoms with Crippen molar-refractivity contribution >= 4 is 29.3 Å². The highest BCUT2D eigenvalue weighted by molar-refractivity contribution is 8.00. The van der Waals surface area contributed by atoms with Gasteiger partial charge in [0.05, 0.1) is 5.25 Å².